The van der Waals surface area contributed by atoms with E-state index >= 15 is 0 Å². The SMILES string of the molecule is CC(C)(C)OCCOC(=O)CNCC(F)(F)F. The molecule has 0 aromatic heterocycles. The standard InChI is InChI=1S/C10H18F3NO3/c1-9(2,3)17-5-4-16-8(15)6-14-7-10(11,12)13/h14H,4-7H2,1-3H3. The highest BCUT2D eigenvalue weighted by atomic mass is 19.4. The molecule has 4 nitrogen and oxygen atoms in total. The van der Waals surface area contributed by atoms with Crippen molar-refractivity contribution < 1.29 is 27.4 Å². The van der Waals surface area contributed by atoms with Gasteiger partial charge in [-0.15, -0.1) is 0 Å². The van der Waals surface area contributed by atoms with Gasteiger partial charge in [-0.3, -0.25) is 10.1 Å². The minimum Gasteiger partial charge on any atom is -0.462 e. The van der Waals surface area contributed by atoms with Gasteiger partial charge in [-0.05, 0) is 20.8 Å². The second-order valence-electron chi connectivity index (χ2n) is 4.40. The van der Waals surface area contributed by atoms with Gasteiger partial charge in [0.05, 0.1) is 25.3 Å². The van der Waals surface area contributed by atoms with Gasteiger partial charge in [-0.1, -0.05) is 0 Å². The van der Waals surface area contributed by atoms with E-state index < -0.39 is 25.2 Å². The summed E-state index contributed by atoms with van der Waals surface area (Å²) in [5, 5.41) is 1.94. The molecule has 0 fully saturated rings. The predicted molar refractivity (Wildman–Crippen MR) is 55.6 cm³/mol. The van der Waals surface area contributed by atoms with Gasteiger partial charge in [-0.25, -0.2) is 0 Å². The Kier molecular flexibility index (Phi) is 6.48. The Morgan fingerprint density at radius 2 is 1.76 bits per heavy atom. The first-order valence-corrected chi connectivity index (χ1v) is 5.17. The van der Waals surface area contributed by atoms with E-state index in [1.54, 1.807) is 0 Å². The van der Waals surface area contributed by atoms with Crippen molar-refractivity contribution in [1.82, 2.24) is 5.32 Å². The van der Waals surface area contributed by atoms with Crippen molar-refractivity contribution in [1.29, 1.82) is 0 Å². The van der Waals surface area contributed by atoms with E-state index in [0.717, 1.165) is 0 Å². The molecule has 0 radical (unpaired) electrons. The number of carbonyl (C=O) groups excluding carboxylic acids is 1. The number of ether oxygens (including phenoxy) is 2. The lowest BCUT2D eigenvalue weighted by atomic mass is 10.2. The second-order valence-corrected chi connectivity index (χ2v) is 4.40. The predicted octanol–water partition coefficient (Wildman–Crippen LogP) is 1.50. The summed E-state index contributed by atoms with van der Waals surface area (Å²) in [6, 6.07) is 0. The average molecular weight is 257 g/mol. The fourth-order valence-corrected chi connectivity index (χ4v) is 0.861. The molecule has 0 rings (SSSR count). The van der Waals surface area contributed by atoms with Crippen LogP contribution in [0.5, 0.6) is 0 Å². The normalized spacial score (nSPS) is 12.6. The summed E-state index contributed by atoms with van der Waals surface area (Å²) in [5.41, 5.74) is -0.332. The number of nitrogens with one attached hydrogen (secondary N) is 1. The third kappa shape index (κ3) is 13.1. The van der Waals surface area contributed by atoms with E-state index in [0.29, 0.717) is 0 Å². The minimum absolute atomic E-state index is 0.0315. The van der Waals surface area contributed by atoms with Crippen LogP contribution in [0, 0.1) is 0 Å². The minimum atomic E-state index is -4.32. The molecule has 1 N–H and O–H groups in total. The van der Waals surface area contributed by atoms with Gasteiger partial charge >= 0.3 is 12.1 Å². The van der Waals surface area contributed by atoms with Crippen molar-refractivity contribution in [2.24, 2.45) is 0 Å². The van der Waals surface area contributed by atoms with E-state index in [-0.39, 0.29) is 18.8 Å². The molecule has 0 unspecified atom stereocenters. The zero-order valence-electron chi connectivity index (χ0n) is 10.2. The summed E-state index contributed by atoms with van der Waals surface area (Å²) in [7, 11) is 0. The highest BCUT2D eigenvalue weighted by Gasteiger charge is 2.26. The van der Waals surface area contributed by atoms with Crippen molar-refractivity contribution in [3.8, 4) is 0 Å². The van der Waals surface area contributed by atoms with E-state index in [9.17, 15) is 18.0 Å². The highest BCUT2D eigenvalue weighted by Crippen LogP contribution is 2.11. The van der Waals surface area contributed by atoms with Crippen molar-refractivity contribution in [2.45, 2.75) is 32.5 Å². The van der Waals surface area contributed by atoms with Crippen LogP contribution in [0.25, 0.3) is 0 Å². The van der Waals surface area contributed by atoms with Gasteiger partial charge < -0.3 is 9.47 Å². The van der Waals surface area contributed by atoms with Gasteiger partial charge in [0, 0.05) is 0 Å². The van der Waals surface area contributed by atoms with Gasteiger partial charge in [0.2, 0.25) is 0 Å². The molecule has 0 saturated heterocycles. The molecule has 0 aromatic rings. The molecule has 0 heterocycles. The summed E-state index contributed by atoms with van der Waals surface area (Å²) in [4.78, 5) is 10.9. The van der Waals surface area contributed by atoms with E-state index in [2.05, 4.69) is 4.74 Å². The van der Waals surface area contributed by atoms with Crippen LogP contribution >= 0.6 is 0 Å². The van der Waals surface area contributed by atoms with Gasteiger partial charge in [0.15, 0.2) is 0 Å². The van der Waals surface area contributed by atoms with Crippen LogP contribution < -0.4 is 5.32 Å². The monoisotopic (exact) mass is 257 g/mol. The lowest BCUT2D eigenvalue weighted by Crippen LogP contribution is -2.34. The molecule has 102 valence electrons. The summed E-state index contributed by atoms with van der Waals surface area (Å²) in [6.07, 6.45) is -4.32. The van der Waals surface area contributed by atoms with Crippen LogP contribution in [0.4, 0.5) is 13.2 Å². The quantitative estimate of drug-likeness (QED) is 0.578. The average Bonchev–Trinajstić information content (AvgIpc) is 2.09. The number of hydrogen-bond acceptors (Lipinski definition) is 4. The van der Waals surface area contributed by atoms with Gasteiger partial charge in [0.25, 0.3) is 0 Å². The van der Waals surface area contributed by atoms with Crippen LogP contribution in [-0.2, 0) is 14.3 Å². The van der Waals surface area contributed by atoms with Crippen molar-refractivity contribution >= 4 is 5.97 Å². The van der Waals surface area contributed by atoms with E-state index in [4.69, 9.17) is 4.74 Å². The van der Waals surface area contributed by atoms with Crippen LogP contribution in [0.2, 0.25) is 0 Å². The molecule has 0 aromatic carbocycles. The van der Waals surface area contributed by atoms with Gasteiger partial charge in [-0.2, -0.15) is 13.2 Å². The summed E-state index contributed by atoms with van der Waals surface area (Å²) >= 11 is 0. The van der Waals surface area contributed by atoms with Crippen LogP contribution in [-0.4, -0.2) is 44.0 Å². The molecule has 0 atom stereocenters. The smallest absolute Gasteiger partial charge is 0.401 e. The van der Waals surface area contributed by atoms with Crippen molar-refractivity contribution in [3.05, 3.63) is 0 Å². The third-order valence-corrected chi connectivity index (χ3v) is 1.48. The molecule has 0 aliphatic rings. The number of carbonyl (C=O) groups is 1. The zero-order chi connectivity index (χ0) is 13.5. The van der Waals surface area contributed by atoms with E-state index in [1.165, 1.54) is 0 Å². The van der Waals surface area contributed by atoms with Crippen LogP contribution in [0.15, 0.2) is 0 Å². The molecule has 17 heavy (non-hydrogen) atoms. The largest absolute Gasteiger partial charge is 0.462 e. The fraction of sp³-hybridized carbons (Fsp3) is 0.900. The molecule has 0 bridgehead atoms. The maximum atomic E-state index is 11.7. The Morgan fingerprint density at radius 3 is 2.24 bits per heavy atom. The van der Waals surface area contributed by atoms with Crippen LogP contribution in [0.3, 0.4) is 0 Å². The lowest BCUT2D eigenvalue weighted by molar-refractivity contribution is -0.147. The number of hydrogen-bond donors (Lipinski definition) is 1. The first-order valence-electron chi connectivity index (χ1n) is 5.17. The first-order chi connectivity index (χ1) is 7.60. The van der Waals surface area contributed by atoms with E-state index in [1.807, 2.05) is 26.1 Å². The Labute approximate surface area is 98.5 Å². The Hall–Kier alpha value is -0.820. The molecular weight excluding hydrogens is 239 g/mol. The highest BCUT2D eigenvalue weighted by molar-refractivity contribution is 5.71. The Bertz CT molecular complexity index is 236. The zero-order valence-corrected chi connectivity index (χ0v) is 10.2. The number of esters is 1. The molecule has 0 aliphatic heterocycles. The molecular formula is C10H18F3NO3. The van der Waals surface area contributed by atoms with Gasteiger partial charge in [0.1, 0.15) is 6.61 Å². The van der Waals surface area contributed by atoms with Crippen molar-refractivity contribution in [3.63, 3.8) is 0 Å². The summed E-state index contributed by atoms with van der Waals surface area (Å²) < 4.78 is 45.0. The fourth-order valence-electron chi connectivity index (χ4n) is 0.861. The Morgan fingerprint density at radius 1 is 1.18 bits per heavy atom. The molecule has 0 saturated carbocycles. The maximum Gasteiger partial charge on any atom is 0.401 e. The Balaban J connectivity index is 3.48. The molecule has 0 spiro atoms. The molecule has 0 amide bonds. The number of alkyl halides is 3. The lowest BCUT2D eigenvalue weighted by Gasteiger charge is -2.19. The maximum absolute atomic E-state index is 11.7. The van der Waals surface area contributed by atoms with Crippen LogP contribution in [0.1, 0.15) is 20.8 Å². The number of halogens is 3. The number of rotatable bonds is 6. The molecule has 7 heteroatoms. The topological polar surface area (TPSA) is 47.6 Å². The molecule has 0 aliphatic carbocycles. The first kappa shape index (κ1) is 16.2. The summed E-state index contributed by atoms with van der Waals surface area (Å²) in [6.45, 7) is 4.12. The summed E-state index contributed by atoms with van der Waals surface area (Å²) in [5.74, 6) is -0.730. The van der Waals surface area contributed by atoms with Crippen molar-refractivity contribution in [2.75, 3.05) is 26.3 Å². The third-order valence-electron chi connectivity index (χ3n) is 1.48. The second kappa shape index (κ2) is 6.80.